The number of amides is 1. The Kier molecular flexibility index (Phi) is 5.81. The first-order valence-electron chi connectivity index (χ1n) is 9.67. The smallest absolute Gasteiger partial charge is 0.238 e. The predicted octanol–water partition coefficient (Wildman–Crippen LogP) is 3.70. The lowest BCUT2D eigenvalue weighted by Gasteiger charge is -2.29. The zero-order chi connectivity index (χ0) is 21.3. The lowest BCUT2D eigenvalue weighted by Crippen LogP contribution is -2.38. The van der Waals surface area contributed by atoms with Crippen molar-refractivity contribution in [2.24, 2.45) is 0 Å². The van der Waals surface area contributed by atoms with Crippen molar-refractivity contribution in [2.45, 2.75) is 23.7 Å². The number of hydrogen-bond donors (Lipinski definition) is 1. The minimum Gasteiger partial charge on any atom is -0.440 e. The molecule has 158 valence electrons. The van der Waals surface area contributed by atoms with Gasteiger partial charge in [0.05, 0.1) is 22.2 Å². The molecule has 1 aromatic heterocycles. The van der Waals surface area contributed by atoms with E-state index in [1.807, 2.05) is 24.3 Å². The molecule has 1 amide bonds. The number of aromatic nitrogens is 1. The van der Waals surface area contributed by atoms with Crippen molar-refractivity contribution in [2.75, 3.05) is 31.2 Å². The lowest BCUT2D eigenvalue weighted by atomic mass is 9.97. The topological polar surface area (TPSA) is 92.5 Å². The van der Waals surface area contributed by atoms with Gasteiger partial charge in [0, 0.05) is 12.2 Å². The van der Waals surface area contributed by atoms with E-state index in [1.165, 1.54) is 18.2 Å². The van der Waals surface area contributed by atoms with Crippen LogP contribution in [0, 0.1) is 0 Å². The normalized spacial score (nSPS) is 16.1. The molecule has 0 radical (unpaired) electrons. The van der Waals surface area contributed by atoms with Crippen molar-refractivity contribution in [1.29, 1.82) is 0 Å². The van der Waals surface area contributed by atoms with Gasteiger partial charge in [-0.3, -0.25) is 9.69 Å². The second-order valence-electron chi connectivity index (χ2n) is 7.53. The summed E-state index contributed by atoms with van der Waals surface area (Å²) in [6.07, 6.45) is 2.82. The highest BCUT2D eigenvalue weighted by Gasteiger charge is 2.26. The van der Waals surface area contributed by atoms with Crippen LogP contribution in [0.25, 0.3) is 11.1 Å². The number of anilines is 1. The van der Waals surface area contributed by atoms with Crippen LogP contribution in [0.15, 0.2) is 51.8 Å². The molecule has 1 fully saturated rings. The molecule has 0 saturated carbocycles. The molecule has 0 unspecified atom stereocenters. The van der Waals surface area contributed by atoms with Crippen LogP contribution in [0.2, 0.25) is 5.02 Å². The zero-order valence-electron chi connectivity index (χ0n) is 16.5. The summed E-state index contributed by atoms with van der Waals surface area (Å²) in [7, 11) is -3.38. The lowest BCUT2D eigenvalue weighted by molar-refractivity contribution is -0.117. The Labute approximate surface area is 179 Å². The van der Waals surface area contributed by atoms with E-state index in [2.05, 4.69) is 15.2 Å². The van der Waals surface area contributed by atoms with Crippen molar-refractivity contribution >= 4 is 44.1 Å². The molecule has 3 aromatic rings. The molecule has 4 rings (SSSR count). The van der Waals surface area contributed by atoms with Gasteiger partial charge in [0.15, 0.2) is 21.3 Å². The zero-order valence-corrected chi connectivity index (χ0v) is 18.0. The highest BCUT2D eigenvalue weighted by Crippen LogP contribution is 2.30. The van der Waals surface area contributed by atoms with Gasteiger partial charge >= 0.3 is 0 Å². The van der Waals surface area contributed by atoms with Gasteiger partial charge in [0.1, 0.15) is 5.52 Å². The summed E-state index contributed by atoms with van der Waals surface area (Å²) in [5.41, 5.74) is 1.95. The SMILES string of the molecule is CS(=O)(=O)c1ccc(Cl)c(NC(=O)CN2CCC(c3nc4ccccc4o3)CC2)c1. The Morgan fingerprint density at radius 2 is 1.97 bits per heavy atom. The number of likely N-dealkylation sites (tertiary alicyclic amines) is 1. The van der Waals surface area contributed by atoms with Gasteiger partial charge in [0.25, 0.3) is 0 Å². The van der Waals surface area contributed by atoms with Crippen LogP contribution in [-0.4, -0.2) is 50.1 Å². The van der Waals surface area contributed by atoms with E-state index in [0.29, 0.717) is 10.7 Å². The van der Waals surface area contributed by atoms with Crippen molar-refractivity contribution in [3.8, 4) is 0 Å². The Balaban J connectivity index is 1.34. The fourth-order valence-corrected chi connectivity index (χ4v) is 4.44. The van der Waals surface area contributed by atoms with Crippen LogP contribution in [0.1, 0.15) is 24.7 Å². The largest absolute Gasteiger partial charge is 0.440 e. The summed E-state index contributed by atoms with van der Waals surface area (Å²) in [6, 6.07) is 12.0. The van der Waals surface area contributed by atoms with Crippen LogP contribution in [0.5, 0.6) is 0 Å². The number of nitrogens with one attached hydrogen (secondary N) is 1. The Morgan fingerprint density at radius 1 is 1.23 bits per heavy atom. The fraction of sp³-hybridized carbons (Fsp3) is 0.333. The maximum absolute atomic E-state index is 12.5. The van der Waals surface area contributed by atoms with Crippen LogP contribution >= 0.6 is 11.6 Å². The molecule has 1 aliphatic rings. The molecular weight excluding hydrogens is 426 g/mol. The molecule has 0 bridgehead atoms. The number of piperidine rings is 1. The van der Waals surface area contributed by atoms with Gasteiger partial charge in [-0.2, -0.15) is 0 Å². The molecule has 7 nitrogen and oxygen atoms in total. The summed E-state index contributed by atoms with van der Waals surface area (Å²) in [5.74, 6) is 0.755. The molecule has 9 heteroatoms. The average Bonchev–Trinajstić information content (AvgIpc) is 3.13. The van der Waals surface area contributed by atoms with E-state index in [9.17, 15) is 13.2 Å². The van der Waals surface area contributed by atoms with Crippen LogP contribution in [0.4, 0.5) is 5.69 Å². The number of fused-ring (bicyclic) bond motifs is 1. The Hall–Kier alpha value is -2.42. The molecular formula is C21H22ClN3O4S. The van der Waals surface area contributed by atoms with E-state index in [1.54, 1.807) is 0 Å². The van der Waals surface area contributed by atoms with Crippen molar-refractivity contribution < 1.29 is 17.6 Å². The van der Waals surface area contributed by atoms with Crippen LogP contribution in [-0.2, 0) is 14.6 Å². The molecule has 0 spiro atoms. The highest BCUT2D eigenvalue weighted by molar-refractivity contribution is 7.90. The molecule has 30 heavy (non-hydrogen) atoms. The third-order valence-electron chi connectivity index (χ3n) is 5.25. The van der Waals surface area contributed by atoms with E-state index in [-0.39, 0.29) is 23.3 Å². The number of carbonyl (C=O) groups is 1. The van der Waals surface area contributed by atoms with Gasteiger partial charge in [0.2, 0.25) is 5.91 Å². The minimum atomic E-state index is -3.38. The molecule has 1 N–H and O–H groups in total. The second-order valence-corrected chi connectivity index (χ2v) is 9.96. The van der Waals surface area contributed by atoms with Gasteiger partial charge in [-0.15, -0.1) is 0 Å². The van der Waals surface area contributed by atoms with Crippen LogP contribution < -0.4 is 5.32 Å². The summed E-state index contributed by atoms with van der Waals surface area (Å²) in [6.45, 7) is 1.70. The number of sulfone groups is 1. The molecule has 2 heterocycles. The fourth-order valence-electron chi connectivity index (χ4n) is 3.63. The number of benzene rings is 2. The Bertz CT molecular complexity index is 1150. The maximum Gasteiger partial charge on any atom is 0.238 e. The van der Waals surface area contributed by atoms with Gasteiger partial charge in [-0.05, 0) is 56.3 Å². The third kappa shape index (κ3) is 4.66. The maximum atomic E-state index is 12.5. The quantitative estimate of drug-likeness (QED) is 0.641. The summed E-state index contributed by atoms with van der Waals surface area (Å²) < 4.78 is 29.3. The number of carbonyl (C=O) groups excluding carboxylic acids is 1. The van der Waals surface area contributed by atoms with E-state index < -0.39 is 9.84 Å². The number of halogens is 1. The number of nitrogens with zero attached hydrogens (tertiary/aromatic N) is 2. The van der Waals surface area contributed by atoms with Crippen molar-refractivity contribution in [1.82, 2.24) is 9.88 Å². The summed E-state index contributed by atoms with van der Waals surface area (Å²) >= 11 is 6.11. The van der Waals surface area contributed by atoms with E-state index in [0.717, 1.165) is 49.2 Å². The number of hydrogen-bond acceptors (Lipinski definition) is 6. The number of oxazole rings is 1. The average molecular weight is 448 g/mol. The van der Waals surface area contributed by atoms with Crippen LogP contribution in [0.3, 0.4) is 0 Å². The molecule has 1 aliphatic heterocycles. The second kappa shape index (κ2) is 8.37. The van der Waals surface area contributed by atoms with Crippen molar-refractivity contribution in [3.05, 3.63) is 53.4 Å². The molecule has 1 saturated heterocycles. The number of rotatable bonds is 5. The standard InChI is InChI=1S/C21H22ClN3O4S/c1-30(27,28)15-6-7-16(22)18(12-15)23-20(26)13-25-10-8-14(9-11-25)21-24-17-4-2-3-5-19(17)29-21/h2-7,12,14H,8-11,13H2,1H3,(H,23,26). The molecule has 0 atom stereocenters. The Morgan fingerprint density at radius 3 is 2.67 bits per heavy atom. The number of para-hydroxylation sites is 2. The van der Waals surface area contributed by atoms with Crippen molar-refractivity contribution in [3.63, 3.8) is 0 Å². The highest BCUT2D eigenvalue weighted by atomic mass is 35.5. The van der Waals surface area contributed by atoms with E-state index >= 15 is 0 Å². The summed E-state index contributed by atoms with van der Waals surface area (Å²) in [4.78, 5) is 19.2. The first-order valence-corrected chi connectivity index (χ1v) is 11.9. The summed E-state index contributed by atoms with van der Waals surface area (Å²) in [5, 5.41) is 3.02. The van der Waals surface area contributed by atoms with Gasteiger partial charge in [-0.25, -0.2) is 13.4 Å². The minimum absolute atomic E-state index is 0.112. The predicted molar refractivity (Wildman–Crippen MR) is 116 cm³/mol. The third-order valence-corrected chi connectivity index (χ3v) is 6.69. The van der Waals surface area contributed by atoms with Gasteiger partial charge in [-0.1, -0.05) is 23.7 Å². The van der Waals surface area contributed by atoms with Gasteiger partial charge < -0.3 is 9.73 Å². The molecule has 2 aromatic carbocycles. The molecule has 0 aliphatic carbocycles. The first kappa shape index (κ1) is 20.8. The monoisotopic (exact) mass is 447 g/mol. The van der Waals surface area contributed by atoms with E-state index in [4.69, 9.17) is 16.0 Å². The first-order chi connectivity index (χ1) is 14.3.